The van der Waals surface area contributed by atoms with E-state index in [-0.39, 0.29) is 22.9 Å². The molecule has 0 bridgehead atoms. The number of ether oxygens (including phenoxy) is 2. The number of morpholine rings is 2. The van der Waals surface area contributed by atoms with Crippen molar-refractivity contribution in [3.05, 3.63) is 57.6 Å². The lowest BCUT2D eigenvalue weighted by Crippen LogP contribution is -2.35. The fourth-order valence-corrected chi connectivity index (χ4v) is 6.79. The number of benzene rings is 2. The van der Waals surface area contributed by atoms with Gasteiger partial charge >= 0.3 is 0 Å². The fraction of sp³-hybridized carbons (Fsp3) is 0.632. The molecule has 2 aromatic carbocycles. The van der Waals surface area contributed by atoms with E-state index in [4.69, 9.17) is 19.5 Å². The highest BCUT2D eigenvalue weighted by Gasteiger charge is 2.26. The first-order valence-corrected chi connectivity index (χ1v) is 17.3. The van der Waals surface area contributed by atoms with Crippen LogP contribution in [-0.2, 0) is 33.4 Å². The molecule has 2 heterocycles. The Labute approximate surface area is 276 Å². The molecule has 46 heavy (non-hydrogen) atoms. The molecule has 8 heteroatoms. The van der Waals surface area contributed by atoms with Crippen molar-refractivity contribution in [3.63, 3.8) is 0 Å². The van der Waals surface area contributed by atoms with Gasteiger partial charge in [0.15, 0.2) is 0 Å². The summed E-state index contributed by atoms with van der Waals surface area (Å²) in [5.41, 5.74) is 5.41. The molecule has 2 unspecified atom stereocenters. The summed E-state index contributed by atoms with van der Waals surface area (Å²) in [5.74, 6) is 0.629. The minimum Gasteiger partial charge on any atom is -0.507 e. The number of aromatic hydroxyl groups is 2. The highest BCUT2D eigenvalue weighted by atomic mass is 16.5. The third kappa shape index (κ3) is 8.97. The van der Waals surface area contributed by atoms with Gasteiger partial charge in [-0.05, 0) is 46.9 Å². The largest absolute Gasteiger partial charge is 0.507 e. The molecular formula is C38H56N4O4. The zero-order valence-electron chi connectivity index (χ0n) is 29.0. The fourth-order valence-electron chi connectivity index (χ4n) is 6.79. The number of hydrogen-bond acceptors (Lipinski definition) is 8. The molecule has 2 aliphatic heterocycles. The molecule has 0 spiro atoms. The molecule has 3 fully saturated rings. The lowest BCUT2D eigenvalue weighted by atomic mass is 9.84. The van der Waals surface area contributed by atoms with Crippen molar-refractivity contribution in [1.29, 1.82) is 0 Å². The van der Waals surface area contributed by atoms with Gasteiger partial charge in [-0.2, -0.15) is 0 Å². The van der Waals surface area contributed by atoms with E-state index >= 15 is 0 Å². The number of hydrogen-bond donors (Lipinski definition) is 2. The van der Waals surface area contributed by atoms with E-state index in [0.717, 1.165) is 114 Å². The van der Waals surface area contributed by atoms with Crippen LogP contribution in [0.2, 0.25) is 0 Å². The van der Waals surface area contributed by atoms with Crippen LogP contribution in [0.4, 0.5) is 0 Å². The molecule has 2 saturated heterocycles. The van der Waals surface area contributed by atoms with Crippen molar-refractivity contribution < 1.29 is 19.7 Å². The van der Waals surface area contributed by atoms with E-state index < -0.39 is 0 Å². The molecule has 3 aliphatic rings. The molecule has 2 aromatic rings. The van der Waals surface area contributed by atoms with E-state index in [9.17, 15) is 10.2 Å². The van der Waals surface area contributed by atoms with E-state index in [1.54, 1.807) is 0 Å². The predicted molar refractivity (Wildman–Crippen MR) is 187 cm³/mol. The van der Waals surface area contributed by atoms with Crippen molar-refractivity contribution >= 4 is 12.4 Å². The molecule has 5 rings (SSSR count). The minimum absolute atomic E-state index is 0.0196. The number of phenols is 2. The van der Waals surface area contributed by atoms with Crippen LogP contribution in [0, 0.1) is 0 Å². The summed E-state index contributed by atoms with van der Waals surface area (Å²) >= 11 is 0. The maximum Gasteiger partial charge on any atom is 0.128 e. The van der Waals surface area contributed by atoms with Crippen molar-refractivity contribution in [1.82, 2.24) is 9.80 Å². The van der Waals surface area contributed by atoms with Crippen LogP contribution < -0.4 is 0 Å². The SMILES string of the molecule is CC(C)(C)c1cc(CN2CCOCC2)cc(C=NC2CCCCC2N=Cc2cc(CN3CCOCC3)cc(C(C)(C)C)c2O)c1O. The van der Waals surface area contributed by atoms with E-state index in [1.165, 1.54) is 11.1 Å². The van der Waals surface area contributed by atoms with Crippen LogP contribution in [0.3, 0.4) is 0 Å². The number of aliphatic imine (C=N–C) groups is 2. The molecule has 252 valence electrons. The monoisotopic (exact) mass is 632 g/mol. The van der Waals surface area contributed by atoms with Gasteiger partial charge in [-0.1, -0.05) is 66.5 Å². The lowest BCUT2D eigenvalue weighted by molar-refractivity contribution is 0.0341. The van der Waals surface area contributed by atoms with Crippen LogP contribution in [0.25, 0.3) is 0 Å². The van der Waals surface area contributed by atoms with Gasteiger partial charge in [0, 0.05) is 74.0 Å². The average molecular weight is 633 g/mol. The Morgan fingerprint density at radius 3 is 1.37 bits per heavy atom. The Kier molecular flexibility index (Phi) is 11.2. The summed E-state index contributed by atoms with van der Waals surface area (Å²) in [5, 5.41) is 22.8. The topological polar surface area (TPSA) is 90.1 Å². The Morgan fingerprint density at radius 1 is 0.652 bits per heavy atom. The summed E-state index contributed by atoms with van der Waals surface area (Å²) in [6.07, 6.45) is 7.88. The molecule has 0 amide bonds. The van der Waals surface area contributed by atoms with Crippen molar-refractivity contribution in [3.8, 4) is 11.5 Å². The summed E-state index contributed by atoms with van der Waals surface area (Å²) in [6.45, 7) is 21.2. The Hall–Kier alpha value is -2.78. The van der Waals surface area contributed by atoms with E-state index in [0.29, 0.717) is 11.5 Å². The third-order valence-corrected chi connectivity index (χ3v) is 9.54. The molecule has 8 nitrogen and oxygen atoms in total. The first-order chi connectivity index (χ1) is 21.9. The van der Waals surface area contributed by atoms with Crippen molar-refractivity contribution in [2.45, 2.75) is 103 Å². The number of nitrogens with zero attached hydrogens (tertiary/aromatic N) is 4. The standard InChI is InChI=1S/C38H56N4O4/c1-37(2,3)31-21-27(25-41-11-15-45-16-12-41)19-29(35(31)43)23-39-33-9-7-8-10-34(33)40-24-30-20-28(26-42-13-17-46-18-14-42)22-32(36(30)44)38(4,5)6/h19-24,33-34,43-44H,7-18,25-26H2,1-6H3. The first kappa shape index (κ1) is 34.6. The van der Waals surface area contributed by atoms with E-state index in [1.807, 2.05) is 12.4 Å². The smallest absolute Gasteiger partial charge is 0.128 e. The molecule has 0 aromatic heterocycles. The molecule has 1 aliphatic carbocycles. The van der Waals surface area contributed by atoms with E-state index in [2.05, 4.69) is 75.6 Å². The van der Waals surface area contributed by atoms with Crippen LogP contribution in [0.5, 0.6) is 11.5 Å². The van der Waals surface area contributed by atoms with Gasteiger partial charge in [0.25, 0.3) is 0 Å². The quantitative estimate of drug-likeness (QED) is 0.337. The molecule has 2 N–H and O–H groups in total. The van der Waals surface area contributed by atoms with Crippen molar-refractivity contribution in [2.24, 2.45) is 9.98 Å². The average Bonchev–Trinajstić information content (AvgIpc) is 3.01. The summed E-state index contributed by atoms with van der Waals surface area (Å²) in [7, 11) is 0. The van der Waals surface area contributed by atoms with Gasteiger partial charge < -0.3 is 19.7 Å². The first-order valence-electron chi connectivity index (χ1n) is 17.3. The molecular weight excluding hydrogens is 576 g/mol. The van der Waals surface area contributed by atoms with Gasteiger partial charge in [-0.15, -0.1) is 0 Å². The highest BCUT2D eigenvalue weighted by molar-refractivity contribution is 5.86. The normalized spacial score (nSPS) is 22.7. The predicted octanol–water partition coefficient (Wildman–Crippen LogP) is 6.21. The number of phenolic OH excluding ortho intramolecular Hbond substituents is 2. The summed E-state index contributed by atoms with van der Waals surface area (Å²) < 4.78 is 11.1. The third-order valence-electron chi connectivity index (χ3n) is 9.54. The zero-order chi connectivity index (χ0) is 32.9. The minimum atomic E-state index is -0.199. The second-order valence-corrected chi connectivity index (χ2v) is 15.4. The maximum absolute atomic E-state index is 11.4. The number of rotatable bonds is 8. The van der Waals surface area contributed by atoms with Crippen LogP contribution in [-0.4, -0.2) is 97.1 Å². The Balaban J connectivity index is 1.39. The summed E-state index contributed by atoms with van der Waals surface area (Å²) in [6, 6.07) is 8.54. The maximum atomic E-state index is 11.4. The second kappa shape index (κ2) is 15.0. The lowest BCUT2D eigenvalue weighted by Gasteiger charge is -2.29. The van der Waals surface area contributed by atoms with Gasteiger partial charge in [0.2, 0.25) is 0 Å². The van der Waals surface area contributed by atoms with Crippen LogP contribution in [0.15, 0.2) is 34.3 Å². The van der Waals surface area contributed by atoms with Crippen LogP contribution in [0.1, 0.15) is 101 Å². The molecule has 0 radical (unpaired) electrons. The molecule has 1 saturated carbocycles. The summed E-state index contributed by atoms with van der Waals surface area (Å²) in [4.78, 5) is 15.0. The van der Waals surface area contributed by atoms with Gasteiger partial charge in [-0.3, -0.25) is 19.8 Å². The zero-order valence-corrected chi connectivity index (χ0v) is 29.0. The Morgan fingerprint density at radius 2 is 1.02 bits per heavy atom. The van der Waals surface area contributed by atoms with Crippen molar-refractivity contribution in [2.75, 3.05) is 52.6 Å². The van der Waals surface area contributed by atoms with Gasteiger partial charge in [0.1, 0.15) is 11.5 Å². The second-order valence-electron chi connectivity index (χ2n) is 15.4. The van der Waals surface area contributed by atoms with Gasteiger partial charge in [0.05, 0.1) is 38.5 Å². The Bertz CT molecular complexity index is 1270. The highest BCUT2D eigenvalue weighted by Crippen LogP contribution is 2.36. The molecule has 2 atom stereocenters. The van der Waals surface area contributed by atoms with Crippen LogP contribution >= 0.6 is 0 Å². The van der Waals surface area contributed by atoms with Gasteiger partial charge in [-0.25, -0.2) is 0 Å².